The molecule has 0 fully saturated rings. The Morgan fingerprint density at radius 2 is 1.85 bits per heavy atom. The number of imidazole rings is 1. The second-order valence-electron chi connectivity index (χ2n) is 5.48. The largest absolute Gasteiger partial charge is 0.357 e. The van der Waals surface area contributed by atoms with Crippen LogP contribution in [0.25, 0.3) is 11.3 Å². The van der Waals surface area contributed by atoms with Gasteiger partial charge < -0.3 is 15.6 Å². The molecule has 0 aliphatic heterocycles. The Morgan fingerprint density at radius 1 is 1.04 bits per heavy atom. The molecule has 0 radical (unpaired) electrons. The Morgan fingerprint density at radius 3 is 2.58 bits per heavy atom. The Hall–Kier alpha value is -2.42. The molecule has 6 nitrogen and oxygen atoms in total. The first-order valence-corrected chi connectivity index (χ1v) is 8.36. The molecule has 0 saturated heterocycles. The van der Waals surface area contributed by atoms with Gasteiger partial charge in [0.2, 0.25) is 0 Å². The van der Waals surface area contributed by atoms with Crippen molar-refractivity contribution in [3.05, 3.63) is 72.4 Å². The van der Waals surface area contributed by atoms with Gasteiger partial charge in [0.25, 0.3) is 0 Å². The first-order chi connectivity index (χ1) is 12.3. The molecule has 3 aromatic rings. The molecule has 0 unspecified atom stereocenters. The Kier molecular flexibility index (Phi) is 8.07. The summed E-state index contributed by atoms with van der Waals surface area (Å²) in [6, 6.07) is 16.0. The van der Waals surface area contributed by atoms with E-state index in [1.807, 2.05) is 49.5 Å². The monoisotopic (exact) mass is 462 g/mol. The van der Waals surface area contributed by atoms with Gasteiger partial charge in [0.15, 0.2) is 5.96 Å². The minimum atomic E-state index is 0. The van der Waals surface area contributed by atoms with Crippen LogP contribution in [0.5, 0.6) is 0 Å². The zero-order chi connectivity index (χ0) is 17.3. The second-order valence-corrected chi connectivity index (χ2v) is 5.48. The number of halogens is 1. The van der Waals surface area contributed by atoms with E-state index in [4.69, 9.17) is 0 Å². The first-order valence-electron chi connectivity index (χ1n) is 8.36. The minimum absolute atomic E-state index is 0. The number of nitrogens with zero attached hydrogens (tertiary/aromatic N) is 3. The lowest BCUT2D eigenvalue weighted by Gasteiger charge is -2.10. The van der Waals surface area contributed by atoms with Crippen molar-refractivity contribution in [3.8, 4) is 11.3 Å². The van der Waals surface area contributed by atoms with E-state index in [9.17, 15) is 0 Å². The number of aromatic nitrogens is 3. The van der Waals surface area contributed by atoms with E-state index in [0.717, 1.165) is 35.3 Å². The Balaban J connectivity index is 0.00000243. The number of guanidine groups is 1. The molecule has 3 rings (SSSR count). The van der Waals surface area contributed by atoms with Crippen LogP contribution >= 0.6 is 24.0 Å². The van der Waals surface area contributed by atoms with Crippen LogP contribution in [-0.2, 0) is 13.1 Å². The van der Waals surface area contributed by atoms with Crippen LogP contribution in [-0.4, -0.2) is 27.5 Å². The topological polar surface area (TPSA) is 78.0 Å². The Labute approximate surface area is 170 Å². The van der Waals surface area contributed by atoms with Gasteiger partial charge in [-0.1, -0.05) is 36.4 Å². The van der Waals surface area contributed by atoms with E-state index < -0.39 is 0 Å². The number of aliphatic imine (C=N–C) groups is 1. The molecule has 0 bridgehead atoms. The standard InChI is InChI=1S/C19H22N6.HI/c1-2-20-19(23-12-16-10-6-7-11-21-16)24-14-18-22-13-17(25-18)15-8-4-3-5-9-15;/h3-11,13H,2,12,14H2,1H3,(H,22,25)(H2,20,23,24);1H. The van der Waals surface area contributed by atoms with Crippen LogP contribution in [0, 0.1) is 0 Å². The third kappa shape index (κ3) is 5.83. The molecule has 0 aliphatic rings. The highest BCUT2D eigenvalue weighted by molar-refractivity contribution is 14.0. The minimum Gasteiger partial charge on any atom is -0.357 e. The van der Waals surface area contributed by atoms with E-state index in [1.54, 1.807) is 6.20 Å². The van der Waals surface area contributed by atoms with Crippen molar-refractivity contribution >= 4 is 29.9 Å². The molecule has 26 heavy (non-hydrogen) atoms. The van der Waals surface area contributed by atoms with Crippen LogP contribution in [0.3, 0.4) is 0 Å². The van der Waals surface area contributed by atoms with Gasteiger partial charge in [-0.3, -0.25) is 4.98 Å². The summed E-state index contributed by atoms with van der Waals surface area (Å²) in [5.74, 6) is 1.60. The van der Waals surface area contributed by atoms with Crippen molar-refractivity contribution in [1.82, 2.24) is 25.6 Å². The molecule has 7 heteroatoms. The van der Waals surface area contributed by atoms with Gasteiger partial charge >= 0.3 is 0 Å². The summed E-state index contributed by atoms with van der Waals surface area (Å²) < 4.78 is 0. The van der Waals surface area contributed by atoms with Crippen molar-refractivity contribution in [2.45, 2.75) is 20.0 Å². The number of hydrogen-bond acceptors (Lipinski definition) is 3. The number of benzene rings is 1. The summed E-state index contributed by atoms with van der Waals surface area (Å²) in [7, 11) is 0. The second kappa shape index (κ2) is 10.5. The average Bonchev–Trinajstić information content (AvgIpc) is 3.15. The smallest absolute Gasteiger partial charge is 0.192 e. The zero-order valence-corrected chi connectivity index (χ0v) is 17.0. The predicted octanol–water partition coefficient (Wildman–Crippen LogP) is 3.35. The highest BCUT2D eigenvalue weighted by Gasteiger charge is 2.04. The quantitative estimate of drug-likeness (QED) is 0.298. The highest BCUT2D eigenvalue weighted by Crippen LogP contribution is 2.15. The number of rotatable bonds is 6. The molecular formula is C19H23IN6. The molecule has 136 valence electrons. The summed E-state index contributed by atoms with van der Waals surface area (Å²) in [5, 5.41) is 6.52. The predicted molar refractivity (Wildman–Crippen MR) is 115 cm³/mol. The Bertz CT molecular complexity index is 801. The maximum atomic E-state index is 4.55. The first kappa shape index (κ1) is 19.9. The molecule has 3 N–H and O–H groups in total. The van der Waals surface area contributed by atoms with Gasteiger partial charge in [0, 0.05) is 12.7 Å². The van der Waals surface area contributed by atoms with Crippen LogP contribution in [0.2, 0.25) is 0 Å². The van der Waals surface area contributed by atoms with Crippen molar-refractivity contribution < 1.29 is 0 Å². The van der Waals surface area contributed by atoms with Crippen LogP contribution in [0.15, 0.2) is 65.9 Å². The van der Waals surface area contributed by atoms with E-state index in [-0.39, 0.29) is 24.0 Å². The van der Waals surface area contributed by atoms with Crippen LogP contribution < -0.4 is 10.6 Å². The lowest BCUT2D eigenvalue weighted by molar-refractivity contribution is 0.783. The van der Waals surface area contributed by atoms with E-state index >= 15 is 0 Å². The molecule has 2 aromatic heterocycles. The number of aromatic amines is 1. The fourth-order valence-corrected chi connectivity index (χ4v) is 2.38. The number of pyridine rings is 1. The molecule has 0 amide bonds. The molecule has 0 aliphatic carbocycles. The normalized spacial score (nSPS) is 10.9. The number of H-pyrrole nitrogens is 1. The highest BCUT2D eigenvalue weighted by atomic mass is 127. The fraction of sp³-hybridized carbons (Fsp3) is 0.211. The van der Waals surface area contributed by atoms with Gasteiger partial charge in [-0.05, 0) is 24.6 Å². The molecular weight excluding hydrogens is 439 g/mol. The number of nitrogens with one attached hydrogen (secondary N) is 3. The average molecular weight is 462 g/mol. The fourth-order valence-electron chi connectivity index (χ4n) is 2.38. The van der Waals surface area contributed by atoms with Gasteiger partial charge in [-0.25, -0.2) is 9.98 Å². The van der Waals surface area contributed by atoms with Crippen molar-refractivity contribution in [2.75, 3.05) is 6.54 Å². The molecule has 0 saturated carbocycles. The van der Waals surface area contributed by atoms with Gasteiger partial charge in [-0.15, -0.1) is 24.0 Å². The summed E-state index contributed by atoms with van der Waals surface area (Å²) in [5.41, 5.74) is 3.06. The third-order valence-electron chi connectivity index (χ3n) is 3.61. The lowest BCUT2D eigenvalue weighted by atomic mass is 10.2. The van der Waals surface area contributed by atoms with Crippen LogP contribution in [0.4, 0.5) is 0 Å². The van der Waals surface area contributed by atoms with E-state index in [1.165, 1.54) is 0 Å². The lowest BCUT2D eigenvalue weighted by Crippen LogP contribution is -2.37. The van der Waals surface area contributed by atoms with Gasteiger partial charge in [0.05, 0.1) is 30.7 Å². The van der Waals surface area contributed by atoms with Crippen molar-refractivity contribution in [2.24, 2.45) is 4.99 Å². The molecule has 0 atom stereocenters. The zero-order valence-electron chi connectivity index (χ0n) is 14.6. The summed E-state index contributed by atoms with van der Waals surface area (Å²) >= 11 is 0. The van der Waals surface area contributed by atoms with E-state index in [2.05, 4.69) is 42.7 Å². The van der Waals surface area contributed by atoms with Crippen molar-refractivity contribution in [1.29, 1.82) is 0 Å². The van der Waals surface area contributed by atoms with Gasteiger partial charge in [0.1, 0.15) is 5.82 Å². The molecule has 0 spiro atoms. The van der Waals surface area contributed by atoms with E-state index in [0.29, 0.717) is 13.1 Å². The van der Waals surface area contributed by atoms with Crippen molar-refractivity contribution in [3.63, 3.8) is 0 Å². The third-order valence-corrected chi connectivity index (χ3v) is 3.61. The molecule has 2 heterocycles. The number of hydrogen-bond donors (Lipinski definition) is 3. The summed E-state index contributed by atoms with van der Waals surface area (Å²) in [6.07, 6.45) is 3.63. The SMILES string of the molecule is CCNC(=NCc1ccccn1)NCc1ncc(-c2ccccc2)[nH]1.I. The molecule has 1 aromatic carbocycles. The summed E-state index contributed by atoms with van der Waals surface area (Å²) in [4.78, 5) is 16.6. The van der Waals surface area contributed by atoms with Crippen LogP contribution in [0.1, 0.15) is 18.4 Å². The summed E-state index contributed by atoms with van der Waals surface area (Å²) in [6.45, 7) is 3.93. The maximum absolute atomic E-state index is 4.55. The van der Waals surface area contributed by atoms with Gasteiger partial charge in [-0.2, -0.15) is 0 Å². The maximum Gasteiger partial charge on any atom is 0.192 e.